The Balaban J connectivity index is 0.00000220. The Hall–Kier alpha value is -0.810. The molecule has 120 valence electrons. The zero-order valence-electron chi connectivity index (χ0n) is 13.0. The first kappa shape index (κ1) is 18.2. The average Bonchev–Trinajstić information content (AvgIpc) is 2.42. The third-order valence-corrected chi connectivity index (χ3v) is 4.25. The highest BCUT2D eigenvalue weighted by atomic mass is 35.5. The maximum absolute atomic E-state index is 11.2. The van der Waals surface area contributed by atoms with E-state index < -0.39 is 5.60 Å². The molecule has 1 fully saturated rings. The highest BCUT2D eigenvalue weighted by Gasteiger charge is 2.43. The molecule has 4 nitrogen and oxygen atoms in total. The van der Waals surface area contributed by atoms with Crippen molar-refractivity contribution in [3.05, 3.63) is 29.8 Å². The number of benzene rings is 1. The van der Waals surface area contributed by atoms with E-state index in [-0.39, 0.29) is 24.4 Å². The highest BCUT2D eigenvalue weighted by Crippen LogP contribution is 2.42. The topological polar surface area (TPSA) is 52.9 Å². The van der Waals surface area contributed by atoms with Gasteiger partial charge in [-0.15, -0.1) is 12.4 Å². The van der Waals surface area contributed by atoms with E-state index in [1.807, 2.05) is 38.4 Å². The summed E-state index contributed by atoms with van der Waals surface area (Å²) in [6.45, 7) is 0.755. The van der Waals surface area contributed by atoms with Crippen LogP contribution in [-0.4, -0.2) is 49.0 Å². The quantitative estimate of drug-likeness (QED) is 0.892. The summed E-state index contributed by atoms with van der Waals surface area (Å²) in [5.74, 6) is 0.777. The van der Waals surface area contributed by atoms with Crippen LogP contribution in [0, 0.1) is 5.92 Å². The van der Waals surface area contributed by atoms with Gasteiger partial charge in [0.2, 0.25) is 0 Å². The van der Waals surface area contributed by atoms with Crippen LogP contribution in [0.15, 0.2) is 24.3 Å². The average molecular weight is 316 g/mol. The van der Waals surface area contributed by atoms with Crippen molar-refractivity contribution in [1.29, 1.82) is 0 Å². The Morgan fingerprint density at radius 2 is 2.10 bits per heavy atom. The monoisotopic (exact) mass is 315 g/mol. The SMILES string of the molecule is COc1cccc([C@@]2(O)CC[C@H](O)C[C@@H]2CN(C)C)c1.Cl. The van der Waals surface area contributed by atoms with Crippen molar-refractivity contribution in [3.63, 3.8) is 0 Å². The van der Waals surface area contributed by atoms with Crippen LogP contribution in [0.4, 0.5) is 0 Å². The molecule has 21 heavy (non-hydrogen) atoms. The van der Waals surface area contributed by atoms with E-state index in [9.17, 15) is 10.2 Å². The summed E-state index contributed by atoms with van der Waals surface area (Å²) in [4.78, 5) is 2.06. The first-order valence-corrected chi connectivity index (χ1v) is 7.15. The highest BCUT2D eigenvalue weighted by molar-refractivity contribution is 5.85. The molecule has 2 N–H and O–H groups in total. The first-order chi connectivity index (χ1) is 9.45. The van der Waals surface area contributed by atoms with Crippen LogP contribution in [0.5, 0.6) is 5.75 Å². The second-order valence-electron chi connectivity index (χ2n) is 6.04. The molecular weight excluding hydrogens is 290 g/mol. The van der Waals surface area contributed by atoms with Gasteiger partial charge in [-0.25, -0.2) is 0 Å². The minimum atomic E-state index is -0.891. The number of ether oxygens (including phenoxy) is 1. The molecule has 0 unspecified atom stereocenters. The Bertz CT molecular complexity index is 453. The molecule has 0 bridgehead atoms. The van der Waals surface area contributed by atoms with Crippen LogP contribution in [-0.2, 0) is 5.60 Å². The summed E-state index contributed by atoms with van der Waals surface area (Å²) in [7, 11) is 5.62. The van der Waals surface area contributed by atoms with Gasteiger partial charge in [-0.3, -0.25) is 0 Å². The number of rotatable bonds is 4. The second kappa shape index (κ2) is 7.45. The Kier molecular flexibility index (Phi) is 6.47. The second-order valence-corrected chi connectivity index (χ2v) is 6.04. The maximum Gasteiger partial charge on any atom is 0.119 e. The van der Waals surface area contributed by atoms with Gasteiger partial charge in [0.25, 0.3) is 0 Å². The summed E-state index contributed by atoms with van der Waals surface area (Å²) >= 11 is 0. The van der Waals surface area contributed by atoms with E-state index in [0.29, 0.717) is 19.3 Å². The van der Waals surface area contributed by atoms with Gasteiger partial charge in [0, 0.05) is 12.5 Å². The zero-order valence-corrected chi connectivity index (χ0v) is 13.8. The molecule has 1 aromatic carbocycles. The summed E-state index contributed by atoms with van der Waals surface area (Å²) in [6, 6.07) is 7.64. The molecule has 1 saturated carbocycles. The Labute approximate surface area is 133 Å². The lowest BCUT2D eigenvalue weighted by Gasteiger charge is -2.43. The molecule has 0 heterocycles. The van der Waals surface area contributed by atoms with Crippen LogP contribution in [0.3, 0.4) is 0 Å². The fourth-order valence-corrected chi connectivity index (χ4v) is 3.17. The number of nitrogens with zero attached hydrogens (tertiary/aromatic N) is 1. The van der Waals surface area contributed by atoms with Crippen molar-refractivity contribution >= 4 is 12.4 Å². The lowest BCUT2D eigenvalue weighted by atomic mass is 9.70. The normalized spacial score (nSPS) is 29.0. The standard InChI is InChI=1S/C16H25NO3.ClH/c1-17(2)11-13-9-14(18)7-8-16(13,19)12-5-4-6-15(10-12)20-3;/h4-6,10,13-14,18-19H,7-9,11H2,1-3H3;1H/t13-,14+,16+;/m1./s1. The van der Waals surface area contributed by atoms with Crippen molar-refractivity contribution in [2.75, 3.05) is 27.7 Å². The fourth-order valence-electron chi connectivity index (χ4n) is 3.17. The predicted molar refractivity (Wildman–Crippen MR) is 86.0 cm³/mol. The number of aliphatic hydroxyl groups excluding tert-OH is 1. The van der Waals surface area contributed by atoms with Gasteiger partial charge in [0.1, 0.15) is 5.75 Å². The molecule has 0 radical (unpaired) electrons. The van der Waals surface area contributed by atoms with Gasteiger partial charge in [-0.1, -0.05) is 12.1 Å². The largest absolute Gasteiger partial charge is 0.497 e. The molecule has 0 saturated heterocycles. The third kappa shape index (κ3) is 4.10. The first-order valence-electron chi connectivity index (χ1n) is 7.15. The fraction of sp³-hybridized carbons (Fsp3) is 0.625. The molecule has 3 atom stereocenters. The van der Waals surface area contributed by atoms with Gasteiger partial charge in [0.05, 0.1) is 18.8 Å². The van der Waals surface area contributed by atoms with Gasteiger partial charge in [-0.05, 0) is 51.1 Å². The Morgan fingerprint density at radius 3 is 2.71 bits per heavy atom. The minimum absolute atomic E-state index is 0. The molecule has 0 aliphatic heterocycles. The number of hydrogen-bond donors (Lipinski definition) is 2. The minimum Gasteiger partial charge on any atom is -0.497 e. The summed E-state index contributed by atoms with van der Waals surface area (Å²) in [6.07, 6.45) is 1.54. The molecule has 0 amide bonds. The lowest BCUT2D eigenvalue weighted by Crippen LogP contribution is -2.46. The Morgan fingerprint density at radius 1 is 1.38 bits per heavy atom. The van der Waals surface area contributed by atoms with Crippen LogP contribution < -0.4 is 4.74 Å². The van der Waals surface area contributed by atoms with Crippen molar-refractivity contribution in [2.45, 2.75) is 31.0 Å². The van der Waals surface area contributed by atoms with Crippen molar-refractivity contribution in [1.82, 2.24) is 4.90 Å². The number of aliphatic hydroxyl groups is 2. The van der Waals surface area contributed by atoms with E-state index in [0.717, 1.165) is 17.9 Å². The van der Waals surface area contributed by atoms with Crippen LogP contribution in [0.2, 0.25) is 0 Å². The van der Waals surface area contributed by atoms with Crippen molar-refractivity contribution in [2.24, 2.45) is 5.92 Å². The van der Waals surface area contributed by atoms with Gasteiger partial charge >= 0.3 is 0 Å². The van der Waals surface area contributed by atoms with E-state index in [4.69, 9.17) is 4.74 Å². The number of halogens is 1. The molecule has 1 aliphatic carbocycles. The van der Waals surface area contributed by atoms with Gasteiger partial charge in [0.15, 0.2) is 0 Å². The van der Waals surface area contributed by atoms with Crippen LogP contribution in [0.25, 0.3) is 0 Å². The summed E-state index contributed by atoms with van der Waals surface area (Å²) < 4.78 is 5.26. The van der Waals surface area contributed by atoms with Gasteiger partial charge in [-0.2, -0.15) is 0 Å². The number of hydrogen-bond acceptors (Lipinski definition) is 4. The molecule has 5 heteroatoms. The van der Waals surface area contributed by atoms with Crippen molar-refractivity contribution < 1.29 is 14.9 Å². The molecule has 0 aromatic heterocycles. The zero-order chi connectivity index (χ0) is 14.8. The lowest BCUT2D eigenvalue weighted by molar-refractivity contribution is -0.0921. The van der Waals surface area contributed by atoms with E-state index >= 15 is 0 Å². The van der Waals surface area contributed by atoms with Crippen molar-refractivity contribution in [3.8, 4) is 5.75 Å². The smallest absolute Gasteiger partial charge is 0.119 e. The summed E-state index contributed by atoms with van der Waals surface area (Å²) in [5.41, 5.74) is -0.00602. The van der Waals surface area contributed by atoms with E-state index in [1.54, 1.807) is 7.11 Å². The predicted octanol–water partition coefficient (Wildman–Crippen LogP) is 2.03. The van der Waals surface area contributed by atoms with Crippen LogP contribution in [0.1, 0.15) is 24.8 Å². The molecule has 1 aromatic rings. The van der Waals surface area contributed by atoms with E-state index in [1.165, 1.54) is 0 Å². The molecule has 1 aliphatic rings. The van der Waals surface area contributed by atoms with Crippen LogP contribution >= 0.6 is 12.4 Å². The molecule has 2 rings (SSSR count). The summed E-state index contributed by atoms with van der Waals surface area (Å²) in [5, 5.41) is 21.1. The molecular formula is C16H26ClNO3. The molecule has 0 spiro atoms. The van der Waals surface area contributed by atoms with Gasteiger partial charge < -0.3 is 19.8 Å². The third-order valence-electron chi connectivity index (χ3n) is 4.25. The van der Waals surface area contributed by atoms with E-state index in [2.05, 4.69) is 4.90 Å². The number of methoxy groups -OCH3 is 1. The maximum atomic E-state index is 11.2.